The number of para-hydroxylation sites is 1. The predicted molar refractivity (Wildman–Crippen MR) is 105 cm³/mol. The molecule has 144 valence electrons. The smallest absolute Gasteiger partial charge is 0.148 e. The number of aromatic nitrogens is 4. The summed E-state index contributed by atoms with van der Waals surface area (Å²) in [5, 5.41) is 4.38. The summed E-state index contributed by atoms with van der Waals surface area (Å²) in [6.07, 6.45) is 10.4. The molecule has 3 aromatic rings. The first-order valence-corrected chi connectivity index (χ1v) is 9.97. The van der Waals surface area contributed by atoms with E-state index in [-0.39, 0.29) is 11.2 Å². The second kappa shape index (κ2) is 6.78. The van der Waals surface area contributed by atoms with Crippen molar-refractivity contribution >= 4 is 0 Å². The van der Waals surface area contributed by atoms with Gasteiger partial charge in [0.05, 0.1) is 11.9 Å². The average molecular weight is 377 g/mol. The molecule has 1 aromatic carbocycles. The van der Waals surface area contributed by atoms with E-state index >= 15 is 0 Å². The Kier molecular flexibility index (Phi) is 4.23. The quantitative estimate of drug-likeness (QED) is 0.700. The molecular weight excluding hydrogens is 353 g/mol. The number of halogens is 1. The molecular formula is C22H24FN5. The Bertz CT molecular complexity index is 1010. The highest BCUT2D eigenvalue weighted by Crippen LogP contribution is 2.44. The number of likely N-dealkylation sites (tertiary alicyclic amines) is 1. The number of benzene rings is 1. The third-order valence-electron chi connectivity index (χ3n) is 6.16. The molecule has 0 N–H and O–H groups in total. The van der Waals surface area contributed by atoms with Gasteiger partial charge in [-0.05, 0) is 56.8 Å². The van der Waals surface area contributed by atoms with Gasteiger partial charge in [-0.25, -0.2) is 19.0 Å². The maximum Gasteiger partial charge on any atom is 0.148 e. The number of piperidine rings is 1. The van der Waals surface area contributed by atoms with E-state index < -0.39 is 0 Å². The molecule has 0 radical (unpaired) electrons. The fraction of sp³-hybridized carbons (Fsp3) is 0.409. The van der Waals surface area contributed by atoms with E-state index in [4.69, 9.17) is 4.98 Å². The van der Waals surface area contributed by atoms with Crippen LogP contribution >= 0.6 is 0 Å². The maximum atomic E-state index is 14.0. The van der Waals surface area contributed by atoms with E-state index in [2.05, 4.69) is 15.0 Å². The Morgan fingerprint density at radius 3 is 2.96 bits per heavy atom. The van der Waals surface area contributed by atoms with Crippen molar-refractivity contribution in [2.24, 2.45) is 0 Å². The molecule has 6 heteroatoms. The first-order valence-electron chi connectivity index (χ1n) is 9.97. The molecule has 1 fully saturated rings. The zero-order valence-electron chi connectivity index (χ0n) is 16.1. The molecule has 1 saturated heterocycles. The minimum absolute atomic E-state index is 0.156. The summed E-state index contributed by atoms with van der Waals surface area (Å²) in [5.41, 5.74) is 4.34. The summed E-state index contributed by atoms with van der Waals surface area (Å²) in [5.74, 6) is 0.606. The van der Waals surface area contributed by atoms with E-state index in [9.17, 15) is 4.39 Å². The normalized spacial score (nSPS) is 21.9. The third kappa shape index (κ3) is 3.02. The summed E-state index contributed by atoms with van der Waals surface area (Å²) in [6, 6.07) is 6.74. The van der Waals surface area contributed by atoms with Gasteiger partial charge in [0.1, 0.15) is 17.3 Å². The van der Waals surface area contributed by atoms with Gasteiger partial charge in [-0.2, -0.15) is 5.10 Å². The van der Waals surface area contributed by atoms with Crippen molar-refractivity contribution in [3.63, 3.8) is 0 Å². The molecule has 1 spiro atoms. The van der Waals surface area contributed by atoms with Crippen LogP contribution in [-0.4, -0.2) is 37.7 Å². The van der Waals surface area contributed by atoms with Gasteiger partial charge in [0.15, 0.2) is 0 Å². The van der Waals surface area contributed by atoms with E-state index in [0.29, 0.717) is 5.69 Å². The van der Waals surface area contributed by atoms with Crippen LogP contribution in [0, 0.1) is 12.7 Å². The van der Waals surface area contributed by atoms with Crippen LogP contribution in [0.15, 0.2) is 42.9 Å². The molecule has 0 saturated carbocycles. The van der Waals surface area contributed by atoms with Crippen LogP contribution in [0.3, 0.4) is 0 Å². The highest BCUT2D eigenvalue weighted by Gasteiger charge is 2.43. The molecule has 0 bridgehead atoms. The summed E-state index contributed by atoms with van der Waals surface area (Å²) in [4.78, 5) is 11.7. The molecule has 28 heavy (non-hydrogen) atoms. The molecule has 1 atom stereocenters. The molecule has 1 aliphatic heterocycles. The van der Waals surface area contributed by atoms with Crippen molar-refractivity contribution in [3.8, 4) is 5.69 Å². The van der Waals surface area contributed by atoms with Crippen molar-refractivity contribution in [3.05, 3.63) is 71.3 Å². The van der Waals surface area contributed by atoms with Gasteiger partial charge in [-0.15, -0.1) is 0 Å². The molecule has 5 rings (SSSR count). The second-order valence-electron chi connectivity index (χ2n) is 8.13. The summed E-state index contributed by atoms with van der Waals surface area (Å²) < 4.78 is 15.7. The first-order chi connectivity index (χ1) is 13.6. The standard InChI is InChI=1S/C22H24FN5/c1-16-24-12-18-7-9-22(21(18)26-16)8-4-10-27(15-22)13-17-11-25-28(14-17)20-6-3-2-5-19(20)23/h2-3,5-6,11-12,14H,4,7-10,13,15H2,1H3. The summed E-state index contributed by atoms with van der Waals surface area (Å²) in [6.45, 7) is 4.90. The van der Waals surface area contributed by atoms with E-state index in [1.807, 2.05) is 31.6 Å². The van der Waals surface area contributed by atoms with Crippen LogP contribution < -0.4 is 0 Å². The zero-order valence-corrected chi connectivity index (χ0v) is 16.1. The Morgan fingerprint density at radius 2 is 2.07 bits per heavy atom. The third-order valence-corrected chi connectivity index (χ3v) is 6.16. The van der Waals surface area contributed by atoms with Crippen molar-refractivity contribution < 1.29 is 4.39 Å². The number of fused-ring (bicyclic) bond motifs is 2. The van der Waals surface area contributed by atoms with Crippen LogP contribution in [0.1, 0.15) is 41.9 Å². The lowest BCUT2D eigenvalue weighted by Gasteiger charge is -2.40. The molecule has 1 unspecified atom stereocenters. The lowest BCUT2D eigenvalue weighted by Crippen LogP contribution is -2.45. The Hall–Kier alpha value is -2.60. The summed E-state index contributed by atoms with van der Waals surface area (Å²) in [7, 11) is 0. The topological polar surface area (TPSA) is 46.8 Å². The molecule has 2 aliphatic rings. The molecule has 2 aromatic heterocycles. The largest absolute Gasteiger partial charge is 0.298 e. The Labute approximate surface area is 164 Å². The molecule has 1 aliphatic carbocycles. The zero-order chi connectivity index (χ0) is 19.1. The van der Waals surface area contributed by atoms with Gasteiger partial charge >= 0.3 is 0 Å². The number of aryl methyl sites for hydroxylation is 2. The SMILES string of the molecule is Cc1ncc2c(n1)C1(CCCN(Cc3cnn(-c4ccccc4F)c3)C1)CC2. The van der Waals surface area contributed by atoms with Gasteiger partial charge < -0.3 is 0 Å². The van der Waals surface area contributed by atoms with Gasteiger partial charge in [0.25, 0.3) is 0 Å². The van der Waals surface area contributed by atoms with Crippen LogP contribution in [0.25, 0.3) is 5.69 Å². The number of hydrogen-bond donors (Lipinski definition) is 0. The molecule has 3 heterocycles. The minimum atomic E-state index is -0.258. The fourth-order valence-corrected chi connectivity index (χ4v) is 4.86. The van der Waals surface area contributed by atoms with Gasteiger partial charge in [0, 0.05) is 36.5 Å². The maximum absolute atomic E-state index is 14.0. The van der Waals surface area contributed by atoms with Crippen molar-refractivity contribution in [1.29, 1.82) is 0 Å². The van der Waals surface area contributed by atoms with Crippen LogP contribution in [0.2, 0.25) is 0 Å². The van der Waals surface area contributed by atoms with Crippen molar-refractivity contribution in [1.82, 2.24) is 24.6 Å². The number of hydrogen-bond acceptors (Lipinski definition) is 4. The van der Waals surface area contributed by atoms with Gasteiger partial charge in [-0.1, -0.05) is 12.1 Å². The second-order valence-corrected chi connectivity index (χ2v) is 8.13. The van der Waals surface area contributed by atoms with Crippen LogP contribution in [0.5, 0.6) is 0 Å². The number of nitrogens with zero attached hydrogens (tertiary/aromatic N) is 5. The Balaban J connectivity index is 1.35. The highest BCUT2D eigenvalue weighted by molar-refractivity contribution is 5.34. The molecule has 5 nitrogen and oxygen atoms in total. The van der Waals surface area contributed by atoms with Gasteiger partial charge in [0.2, 0.25) is 0 Å². The monoisotopic (exact) mass is 377 g/mol. The van der Waals surface area contributed by atoms with Crippen LogP contribution in [0.4, 0.5) is 4.39 Å². The first kappa shape index (κ1) is 17.5. The van der Waals surface area contributed by atoms with Gasteiger partial charge in [-0.3, -0.25) is 4.90 Å². The van der Waals surface area contributed by atoms with Crippen molar-refractivity contribution in [2.75, 3.05) is 13.1 Å². The lowest BCUT2D eigenvalue weighted by molar-refractivity contribution is 0.136. The Morgan fingerprint density at radius 1 is 1.18 bits per heavy atom. The predicted octanol–water partition coefficient (Wildman–Crippen LogP) is 3.59. The summed E-state index contributed by atoms with van der Waals surface area (Å²) >= 11 is 0. The average Bonchev–Trinajstić information content (AvgIpc) is 3.28. The van der Waals surface area contributed by atoms with Crippen molar-refractivity contribution in [2.45, 2.75) is 44.6 Å². The minimum Gasteiger partial charge on any atom is -0.298 e. The molecule has 0 amide bonds. The van der Waals surface area contributed by atoms with E-state index in [0.717, 1.165) is 43.9 Å². The van der Waals surface area contributed by atoms with E-state index in [1.165, 1.54) is 30.2 Å². The number of rotatable bonds is 3. The highest BCUT2D eigenvalue weighted by atomic mass is 19.1. The van der Waals surface area contributed by atoms with E-state index in [1.54, 1.807) is 16.8 Å². The lowest BCUT2D eigenvalue weighted by atomic mass is 9.77. The fourth-order valence-electron chi connectivity index (χ4n) is 4.86. The van der Waals surface area contributed by atoms with Crippen LogP contribution in [-0.2, 0) is 18.4 Å².